The fourth-order valence-corrected chi connectivity index (χ4v) is 4.78. The predicted octanol–water partition coefficient (Wildman–Crippen LogP) is 2.14. The molecule has 0 spiro atoms. The van der Waals surface area contributed by atoms with E-state index in [1.807, 2.05) is 18.2 Å². The maximum absolute atomic E-state index is 5.36. The Balaban J connectivity index is 2.99. The van der Waals surface area contributed by atoms with Crippen LogP contribution in [-0.2, 0) is 14.2 Å². The monoisotopic (exact) mass is 243 g/mol. The van der Waals surface area contributed by atoms with E-state index in [2.05, 4.69) is 12.1 Å². The highest BCUT2D eigenvalue weighted by Gasteiger charge is 2.40. The van der Waals surface area contributed by atoms with Gasteiger partial charge in [-0.2, -0.15) is 0 Å². The molecule has 0 heterocycles. The van der Waals surface area contributed by atoms with Gasteiger partial charge in [-0.05, 0) is 12.1 Å². The zero-order chi connectivity index (χ0) is 11.9. The number of benzene rings is 1. The zero-order valence-electron chi connectivity index (χ0n) is 10.2. The molecule has 1 rings (SSSR count). The normalized spacial score (nSPS) is 11.7. The molecule has 0 bridgehead atoms. The highest BCUT2D eigenvalue weighted by molar-refractivity contribution is 7.82. The molecular formula is C12H20O3P+. The Kier molecular flexibility index (Phi) is 5.93. The molecule has 0 aromatic heterocycles. The van der Waals surface area contributed by atoms with Crippen LogP contribution < -0.4 is 5.30 Å². The van der Waals surface area contributed by atoms with Crippen LogP contribution >= 0.6 is 7.26 Å². The minimum Gasteiger partial charge on any atom is -0.349 e. The van der Waals surface area contributed by atoms with Crippen LogP contribution in [0.3, 0.4) is 0 Å². The lowest BCUT2D eigenvalue weighted by Crippen LogP contribution is -2.23. The average molecular weight is 243 g/mol. The molecule has 1 aromatic rings. The maximum Gasteiger partial charge on any atom is 0.166 e. The molecule has 0 atom stereocenters. The van der Waals surface area contributed by atoms with Gasteiger partial charge in [0.15, 0.2) is 19.0 Å². The van der Waals surface area contributed by atoms with Crippen molar-refractivity contribution in [2.75, 3.05) is 40.4 Å². The van der Waals surface area contributed by atoms with Crippen molar-refractivity contribution < 1.29 is 14.2 Å². The largest absolute Gasteiger partial charge is 0.349 e. The highest BCUT2D eigenvalue weighted by Crippen LogP contribution is 2.57. The molecule has 0 radical (unpaired) electrons. The Morgan fingerprint density at radius 2 is 1.25 bits per heavy atom. The van der Waals surface area contributed by atoms with Gasteiger partial charge in [0.2, 0.25) is 0 Å². The first-order valence-electron chi connectivity index (χ1n) is 5.17. The van der Waals surface area contributed by atoms with Crippen molar-refractivity contribution in [2.45, 2.75) is 0 Å². The van der Waals surface area contributed by atoms with E-state index in [9.17, 15) is 0 Å². The standard InChI is InChI=1S/C12H20O3P/c1-13-9-16(10-14-2,11-15-3)12-7-5-4-6-8-12/h4-8H,9-11H2,1-3H3/q+1. The summed E-state index contributed by atoms with van der Waals surface area (Å²) < 4.78 is 16.1. The summed E-state index contributed by atoms with van der Waals surface area (Å²) in [6.45, 7) is 0. The summed E-state index contributed by atoms with van der Waals surface area (Å²) in [6, 6.07) is 10.4. The number of ether oxygens (including phenoxy) is 3. The van der Waals surface area contributed by atoms with Gasteiger partial charge in [0.05, 0.1) is 0 Å². The molecule has 0 fully saturated rings. The molecule has 0 saturated heterocycles. The van der Waals surface area contributed by atoms with Crippen molar-refractivity contribution in [1.29, 1.82) is 0 Å². The molecular weight excluding hydrogens is 223 g/mol. The smallest absolute Gasteiger partial charge is 0.166 e. The van der Waals surface area contributed by atoms with Crippen molar-refractivity contribution in [2.24, 2.45) is 0 Å². The number of rotatable bonds is 7. The molecule has 0 aliphatic rings. The number of hydrogen-bond acceptors (Lipinski definition) is 3. The SMILES string of the molecule is COC[P+](COC)(COC)c1ccccc1. The van der Waals surface area contributed by atoms with Crippen LogP contribution in [0.5, 0.6) is 0 Å². The number of hydrogen-bond donors (Lipinski definition) is 0. The lowest BCUT2D eigenvalue weighted by molar-refractivity contribution is 0.210. The predicted molar refractivity (Wildman–Crippen MR) is 68.6 cm³/mol. The van der Waals surface area contributed by atoms with Crippen LogP contribution in [0.15, 0.2) is 30.3 Å². The van der Waals surface area contributed by atoms with Crippen molar-refractivity contribution in [3.8, 4) is 0 Å². The van der Waals surface area contributed by atoms with Gasteiger partial charge in [0, 0.05) is 21.3 Å². The fraction of sp³-hybridized carbons (Fsp3) is 0.500. The van der Waals surface area contributed by atoms with E-state index in [0.29, 0.717) is 19.0 Å². The molecule has 0 saturated carbocycles. The van der Waals surface area contributed by atoms with Crippen LogP contribution in [0.25, 0.3) is 0 Å². The minimum atomic E-state index is -1.52. The van der Waals surface area contributed by atoms with E-state index in [4.69, 9.17) is 14.2 Å². The first-order chi connectivity index (χ1) is 7.79. The third kappa shape index (κ3) is 3.26. The average Bonchev–Trinajstić information content (AvgIpc) is 2.31. The Hall–Kier alpha value is -0.470. The second kappa shape index (κ2) is 6.97. The first-order valence-corrected chi connectivity index (χ1v) is 7.52. The summed E-state index contributed by atoms with van der Waals surface area (Å²) in [6.07, 6.45) is 2.08. The summed E-state index contributed by atoms with van der Waals surface area (Å²) >= 11 is 0. The van der Waals surface area contributed by atoms with Crippen LogP contribution in [0.4, 0.5) is 0 Å². The van der Waals surface area contributed by atoms with Gasteiger partial charge in [-0.15, -0.1) is 0 Å². The molecule has 0 unspecified atom stereocenters. The van der Waals surface area contributed by atoms with Gasteiger partial charge in [0.25, 0.3) is 0 Å². The Morgan fingerprint density at radius 1 is 0.812 bits per heavy atom. The van der Waals surface area contributed by atoms with E-state index in [-0.39, 0.29) is 0 Å². The van der Waals surface area contributed by atoms with E-state index in [1.54, 1.807) is 21.3 Å². The molecule has 16 heavy (non-hydrogen) atoms. The van der Waals surface area contributed by atoms with Gasteiger partial charge in [-0.25, -0.2) is 0 Å². The van der Waals surface area contributed by atoms with Gasteiger partial charge < -0.3 is 14.2 Å². The molecule has 90 valence electrons. The lowest BCUT2D eigenvalue weighted by Gasteiger charge is -2.24. The van der Waals surface area contributed by atoms with Crippen molar-refractivity contribution in [1.82, 2.24) is 0 Å². The molecule has 4 heteroatoms. The lowest BCUT2D eigenvalue weighted by atomic mass is 10.4. The molecule has 1 aromatic carbocycles. The molecule has 0 amide bonds. The third-order valence-electron chi connectivity index (χ3n) is 2.43. The molecule has 0 aliphatic heterocycles. The Bertz CT molecular complexity index is 273. The van der Waals surface area contributed by atoms with Gasteiger partial charge in [0.1, 0.15) is 12.6 Å². The second-order valence-electron chi connectivity index (χ2n) is 3.73. The Labute approximate surface area is 98.0 Å². The van der Waals surface area contributed by atoms with E-state index in [0.717, 1.165) is 0 Å². The van der Waals surface area contributed by atoms with E-state index >= 15 is 0 Å². The summed E-state index contributed by atoms with van der Waals surface area (Å²) in [5.41, 5.74) is 0. The number of methoxy groups -OCH3 is 3. The zero-order valence-corrected chi connectivity index (χ0v) is 11.1. The van der Waals surface area contributed by atoms with Gasteiger partial charge in [-0.1, -0.05) is 18.2 Å². The molecule has 0 aliphatic carbocycles. The summed E-state index contributed by atoms with van der Waals surface area (Å²) in [5, 5.41) is 1.29. The van der Waals surface area contributed by atoms with Crippen LogP contribution in [0.1, 0.15) is 0 Å². The summed E-state index contributed by atoms with van der Waals surface area (Å²) in [5.74, 6) is 0. The molecule has 0 N–H and O–H groups in total. The molecule has 3 nitrogen and oxygen atoms in total. The topological polar surface area (TPSA) is 27.7 Å². The van der Waals surface area contributed by atoms with Crippen molar-refractivity contribution in [3.05, 3.63) is 30.3 Å². The highest BCUT2D eigenvalue weighted by atomic mass is 31.2. The van der Waals surface area contributed by atoms with Crippen molar-refractivity contribution >= 4 is 12.6 Å². The van der Waals surface area contributed by atoms with E-state index < -0.39 is 7.26 Å². The van der Waals surface area contributed by atoms with Crippen molar-refractivity contribution in [3.63, 3.8) is 0 Å². The maximum atomic E-state index is 5.36. The third-order valence-corrected chi connectivity index (χ3v) is 6.08. The van der Waals surface area contributed by atoms with Crippen LogP contribution in [0.2, 0.25) is 0 Å². The summed E-state index contributed by atoms with van der Waals surface area (Å²) in [7, 11) is 3.66. The van der Waals surface area contributed by atoms with E-state index in [1.165, 1.54) is 5.30 Å². The van der Waals surface area contributed by atoms with Crippen LogP contribution in [-0.4, -0.2) is 40.4 Å². The minimum absolute atomic E-state index is 0.693. The Morgan fingerprint density at radius 3 is 1.62 bits per heavy atom. The van der Waals surface area contributed by atoms with Gasteiger partial charge >= 0.3 is 0 Å². The quantitative estimate of drug-likeness (QED) is 0.687. The van der Waals surface area contributed by atoms with Crippen LogP contribution in [0, 0.1) is 0 Å². The fourth-order valence-electron chi connectivity index (χ4n) is 1.82. The summed E-state index contributed by atoms with van der Waals surface area (Å²) in [4.78, 5) is 0. The van der Waals surface area contributed by atoms with Gasteiger partial charge in [-0.3, -0.25) is 0 Å². The second-order valence-corrected chi connectivity index (χ2v) is 7.32. The first kappa shape index (κ1) is 13.6.